The van der Waals surface area contributed by atoms with E-state index in [1.165, 1.54) is 10.9 Å². The van der Waals surface area contributed by atoms with E-state index in [0.29, 0.717) is 4.86 Å². The Balaban J connectivity index is 1.73. The number of carbonyl (C=O) groups excluding carboxylic acids is 1. The van der Waals surface area contributed by atoms with Crippen LogP contribution in [0.25, 0.3) is 0 Å². The maximum Gasteiger partial charge on any atom is 0.290 e. The maximum absolute atomic E-state index is 13.1. The van der Waals surface area contributed by atoms with E-state index in [2.05, 4.69) is 12.1 Å². The van der Waals surface area contributed by atoms with Gasteiger partial charge in [0.15, 0.2) is 0 Å². The molecule has 3 nitrogen and oxygen atoms in total. The summed E-state index contributed by atoms with van der Waals surface area (Å²) in [5.41, 5.74) is 4.86. The molecule has 0 N–H and O–H groups in total. The van der Waals surface area contributed by atoms with Gasteiger partial charge in [-0.05, 0) is 5.56 Å². The molecule has 0 saturated carbocycles. The fourth-order valence-corrected chi connectivity index (χ4v) is 4.36. The summed E-state index contributed by atoms with van der Waals surface area (Å²) < 4.78 is 0. The second-order valence-corrected chi connectivity index (χ2v) is 7.08. The Hall–Kier alpha value is -3.24. The molecular weight excluding hydrogens is 340 g/mol. The number of benzene rings is 3. The van der Waals surface area contributed by atoms with Crippen molar-refractivity contribution in [2.24, 2.45) is 5.10 Å². The molecule has 0 aromatic heterocycles. The highest BCUT2D eigenvalue weighted by Crippen LogP contribution is 2.28. The highest BCUT2D eigenvalue weighted by molar-refractivity contribution is 8.00. The summed E-state index contributed by atoms with van der Waals surface area (Å²) in [7, 11) is 1.50. The first-order valence-corrected chi connectivity index (χ1v) is 9.20. The van der Waals surface area contributed by atoms with Gasteiger partial charge in [-0.25, -0.2) is 0 Å². The molecule has 26 heavy (non-hydrogen) atoms. The number of nitrogens with zero attached hydrogens (tertiary/aromatic N) is 2. The first kappa shape index (κ1) is 15.0. The standard InChI is InChI=1S/C22H14N2OS/c25-21-20(16-11-5-2-6-12-16)26-22-18-14-8-7-13-17(18)19(23-24(21)22)15-9-3-1-4-10-15/h1-14H. The number of carbonyl (C=O) groups is 1. The number of hydrogen-bond donors (Lipinski definition) is 0. The van der Waals surface area contributed by atoms with E-state index in [4.69, 9.17) is 5.10 Å². The van der Waals surface area contributed by atoms with E-state index in [1.807, 2.05) is 72.8 Å². The van der Waals surface area contributed by atoms with Crippen molar-refractivity contribution in [1.82, 2.24) is 5.01 Å². The molecule has 2 aliphatic heterocycles. The predicted octanol–water partition coefficient (Wildman–Crippen LogP) is 3.73. The van der Waals surface area contributed by atoms with Gasteiger partial charge >= 0.3 is 0 Å². The average molecular weight is 354 g/mol. The third kappa shape index (κ3) is 2.27. The summed E-state index contributed by atoms with van der Waals surface area (Å²) in [6.45, 7) is 0. The van der Waals surface area contributed by atoms with Gasteiger partial charge in [0.2, 0.25) is 0 Å². The van der Waals surface area contributed by atoms with Crippen LogP contribution in [0.4, 0.5) is 0 Å². The molecule has 1 amide bonds. The van der Waals surface area contributed by atoms with E-state index in [1.54, 1.807) is 5.01 Å². The summed E-state index contributed by atoms with van der Waals surface area (Å²) >= 11 is 0. The number of hydrogen-bond acceptors (Lipinski definition) is 2. The van der Waals surface area contributed by atoms with Crippen LogP contribution in [0.5, 0.6) is 0 Å². The zero-order chi connectivity index (χ0) is 17.5. The lowest BCUT2D eigenvalue weighted by Crippen LogP contribution is -2.37. The first-order valence-electron chi connectivity index (χ1n) is 8.38. The Morgan fingerprint density at radius 3 is 1.96 bits per heavy atom. The minimum atomic E-state index is -0.0702. The lowest BCUT2D eigenvalue weighted by Gasteiger charge is -2.24. The van der Waals surface area contributed by atoms with Gasteiger partial charge in [-0.3, -0.25) is 4.79 Å². The number of fused-ring (bicyclic) bond motifs is 3. The lowest BCUT2D eigenvalue weighted by molar-refractivity contribution is -0.120. The molecule has 3 aromatic carbocycles. The van der Waals surface area contributed by atoms with Crippen LogP contribution in [-0.2, 0) is 4.79 Å². The molecule has 0 fully saturated rings. The minimum Gasteiger partial charge on any atom is -0.266 e. The Kier molecular flexibility index (Phi) is 3.43. The molecule has 124 valence electrons. The van der Waals surface area contributed by atoms with Crippen LogP contribution in [-0.4, -0.2) is 26.5 Å². The van der Waals surface area contributed by atoms with Crippen LogP contribution in [0.15, 0.2) is 90.0 Å². The van der Waals surface area contributed by atoms with Crippen LogP contribution >= 0.6 is 10.9 Å². The number of rotatable bonds is 2. The van der Waals surface area contributed by atoms with Crippen molar-refractivity contribution in [1.29, 1.82) is 0 Å². The van der Waals surface area contributed by atoms with E-state index >= 15 is 0 Å². The normalized spacial score (nSPS) is 15.3. The van der Waals surface area contributed by atoms with Crippen LogP contribution in [0.1, 0.15) is 22.3 Å². The van der Waals surface area contributed by atoms with E-state index in [-0.39, 0.29) is 5.91 Å². The largest absolute Gasteiger partial charge is 0.290 e. The van der Waals surface area contributed by atoms with Crippen molar-refractivity contribution in [3.8, 4) is 0 Å². The Morgan fingerprint density at radius 2 is 1.27 bits per heavy atom. The van der Waals surface area contributed by atoms with Crippen LogP contribution in [0.3, 0.4) is 0 Å². The second kappa shape index (κ2) is 5.93. The molecule has 2 aliphatic rings. The average Bonchev–Trinajstić information content (AvgIpc) is 3.05. The number of hydrazone groups is 1. The van der Waals surface area contributed by atoms with Crippen LogP contribution in [0.2, 0.25) is 0 Å². The molecule has 5 rings (SSSR count). The van der Waals surface area contributed by atoms with Crippen molar-refractivity contribution in [2.75, 3.05) is 0 Å². The first-order chi connectivity index (χ1) is 12.8. The summed E-state index contributed by atoms with van der Waals surface area (Å²) in [5.74, 6) is -0.0702. The molecule has 0 aliphatic carbocycles. The van der Waals surface area contributed by atoms with Crippen molar-refractivity contribution in [3.05, 3.63) is 107 Å². The molecule has 0 atom stereocenters. The molecule has 0 saturated heterocycles. The second-order valence-electron chi connectivity index (χ2n) is 6.08. The third-order valence-corrected chi connectivity index (χ3v) is 5.67. The van der Waals surface area contributed by atoms with E-state index in [9.17, 15) is 4.79 Å². The fourth-order valence-electron chi connectivity index (χ4n) is 3.24. The Morgan fingerprint density at radius 1 is 0.692 bits per heavy atom. The Labute approximate surface area is 154 Å². The third-order valence-electron chi connectivity index (χ3n) is 4.47. The lowest BCUT2D eigenvalue weighted by atomic mass is 9.96. The van der Waals surface area contributed by atoms with Gasteiger partial charge in [-0.2, -0.15) is 10.1 Å². The molecule has 3 aromatic rings. The molecule has 0 unspecified atom stereocenters. The Bertz CT molecular complexity index is 1130. The molecule has 0 spiro atoms. The zero-order valence-electron chi connectivity index (χ0n) is 13.8. The van der Waals surface area contributed by atoms with Gasteiger partial charge in [0.1, 0.15) is 9.85 Å². The summed E-state index contributed by atoms with van der Waals surface area (Å²) in [6.07, 6.45) is 0. The molecule has 0 bridgehead atoms. The maximum atomic E-state index is 13.1. The van der Waals surface area contributed by atoms with Gasteiger partial charge in [0.05, 0.1) is 5.71 Å². The van der Waals surface area contributed by atoms with Gasteiger partial charge in [-0.1, -0.05) is 84.9 Å². The van der Waals surface area contributed by atoms with Crippen molar-refractivity contribution in [3.63, 3.8) is 0 Å². The highest BCUT2D eigenvalue weighted by atomic mass is 32.1. The molecule has 4 heteroatoms. The minimum absolute atomic E-state index is 0.0702. The van der Waals surface area contributed by atoms with Crippen LogP contribution < -0.4 is 0 Å². The fraction of sp³-hybridized carbons (Fsp3) is 0. The molecular formula is C22H14N2OS. The van der Waals surface area contributed by atoms with Crippen molar-refractivity contribution >= 4 is 32.4 Å². The quantitative estimate of drug-likeness (QED) is 0.646. The van der Waals surface area contributed by atoms with Gasteiger partial charge in [-0.15, -0.1) is 10.9 Å². The monoisotopic (exact) mass is 354 g/mol. The molecule has 0 radical (unpaired) electrons. The van der Waals surface area contributed by atoms with E-state index < -0.39 is 0 Å². The highest BCUT2D eigenvalue weighted by Gasteiger charge is 2.35. The molecule has 2 heterocycles. The SMILES string of the molecule is O=C1C(c2ccccc2)=S=C2c3ccccc3C(c3ccccc3)=NN12. The zero-order valence-corrected chi connectivity index (χ0v) is 14.6. The van der Waals surface area contributed by atoms with Gasteiger partial charge < -0.3 is 0 Å². The topological polar surface area (TPSA) is 32.7 Å². The van der Waals surface area contributed by atoms with Crippen molar-refractivity contribution < 1.29 is 4.79 Å². The summed E-state index contributed by atoms with van der Waals surface area (Å²) in [6, 6.07) is 27.9. The van der Waals surface area contributed by atoms with Crippen LogP contribution in [0, 0.1) is 0 Å². The van der Waals surface area contributed by atoms with Gasteiger partial charge in [0, 0.05) is 16.7 Å². The predicted molar refractivity (Wildman–Crippen MR) is 108 cm³/mol. The van der Waals surface area contributed by atoms with Gasteiger partial charge in [0.25, 0.3) is 5.91 Å². The smallest absolute Gasteiger partial charge is 0.266 e. The van der Waals surface area contributed by atoms with E-state index in [0.717, 1.165) is 33.0 Å². The van der Waals surface area contributed by atoms with Crippen molar-refractivity contribution in [2.45, 2.75) is 0 Å². The summed E-state index contributed by atoms with van der Waals surface area (Å²) in [4.78, 5) is 14.7. The number of amides is 1. The summed E-state index contributed by atoms with van der Waals surface area (Å²) in [5, 5.41) is 6.29.